The molecule has 0 aliphatic carbocycles. The summed E-state index contributed by atoms with van der Waals surface area (Å²) in [6, 6.07) is -28.4. The molecule has 4 nitrogen and oxygen atoms in total. The summed E-state index contributed by atoms with van der Waals surface area (Å²) in [6.07, 6.45) is 0. The molecule has 9 aromatic rings. The third-order valence-electron chi connectivity index (χ3n) is 6.92. The molecule has 0 aliphatic rings. The van der Waals surface area contributed by atoms with Gasteiger partial charge in [-0.1, -0.05) is 151 Å². The Morgan fingerprint density at radius 2 is 0.714 bits per heavy atom. The molecule has 0 unspecified atom stereocenters. The van der Waals surface area contributed by atoms with Gasteiger partial charge >= 0.3 is 0 Å². The number of rotatable bonds is 6. The second-order valence-electron chi connectivity index (χ2n) is 9.81. The molecular weight excluding hydrogens is 597 g/mol. The summed E-state index contributed by atoms with van der Waals surface area (Å²) in [5.41, 5.74) is -7.76. The highest BCUT2D eigenvalue weighted by Gasteiger charge is 2.15. The molecule has 0 radical (unpaired) electrons. The maximum absolute atomic E-state index is 9.41. The number of hydrogen-bond donors (Lipinski definition) is 0. The standard InChI is InChI=1S/C45H30N4/c1-4-12-31(13-5-1)37-26-29-42-40(30-37)39-18-10-11-19-41(39)49(42)38-27-24-33(25-28-38)32-20-22-36(23-21-32)45-47-43(34-14-6-2-7-15-34)46-44(48-45)35-16-8-3-9-17-35/h1-30H/i1D,2D,3D,4D,5D,6D,7D,8D,9D,10D,11D,12D,13D,14D,15D,16D,17D,18D,19D,20D,21D,22D,23D,24D,25D,26D,27D,28D,29D,30D. The number of benzene rings is 7. The summed E-state index contributed by atoms with van der Waals surface area (Å²) >= 11 is 0. The lowest BCUT2D eigenvalue weighted by molar-refractivity contribution is 1.07. The van der Waals surface area contributed by atoms with E-state index in [1.807, 2.05) is 0 Å². The molecule has 230 valence electrons. The predicted octanol–water partition coefficient (Wildman–Crippen LogP) is 11.3. The maximum Gasteiger partial charge on any atom is 0.164 e. The van der Waals surface area contributed by atoms with Crippen molar-refractivity contribution in [3.63, 3.8) is 0 Å². The van der Waals surface area contributed by atoms with Gasteiger partial charge in [-0.05, 0) is 52.5 Å². The van der Waals surface area contributed by atoms with Crippen molar-refractivity contribution in [3.8, 4) is 62.1 Å². The maximum atomic E-state index is 9.41. The molecule has 0 fully saturated rings. The van der Waals surface area contributed by atoms with Gasteiger partial charge in [-0.3, -0.25) is 0 Å². The molecule has 0 amide bonds. The van der Waals surface area contributed by atoms with Gasteiger partial charge < -0.3 is 4.57 Å². The largest absolute Gasteiger partial charge is 0.309 e. The molecule has 2 aromatic heterocycles. The van der Waals surface area contributed by atoms with Gasteiger partial charge in [0.1, 0.15) is 0 Å². The van der Waals surface area contributed by atoms with Gasteiger partial charge in [0.05, 0.1) is 52.2 Å². The van der Waals surface area contributed by atoms with Crippen molar-refractivity contribution >= 4 is 21.8 Å². The zero-order chi connectivity index (χ0) is 58.7. The van der Waals surface area contributed by atoms with Crippen molar-refractivity contribution in [1.29, 1.82) is 0 Å². The number of hydrogen-bond acceptors (Lipinski definition) is 3. The number of aromatic nitrogens is 4. The van der Waals surface area contributed by atoms with E-state index >= 15 is 0 Å². The second-order valence-corrected chi connectivity index (χ2v) is 9.81. The number of fused-ring (bicyclic) bond motifs is 3. The van der Waals surface area contributed by atoms with E-state index < -0.39 is 265 Å². The Morgan fingerprint density at radius 1 is 0.327 bits per heavy atom. The van der Waals surface area contributed by atoms with Crippen LogP contribution in [0.15, 0.2) is 181 Å². The van der Waals surface area contributed by atoms with Gasteiger partial charge in [0.2, 0.25) is 0 Å². The molecule has 0 saturated heterocycles. The highest BCUT2D eigenvalue weighted by Crippen LogP contribution is 2.35. The van der Waals surface area contributed by atoms with Crippen LogP contribution in [-0.4, -0.2) is 19.5 Å². The average molecular weight is 657 g/mol. The van der Waals surface area contributed by atoms with Crippen molar-refractivity contribution in [2.45, 2.75) is 0 Å². The Morgan fingerprint density at radius 3 is 1.29 bits per heavy atom. The quantitative estimate of drug-likeness (QED) is 0.179. The van der Waals surface area contributed by atoms with Crippen molar-refractivity contribution in [2.24, 2.45) is 0 Å². The van der Waals surface area contributed by atoms with Crippen LogP contribution in [0.3, 0.4) is 0 Å². The van der Waals surface area contributed by atoms with E-state index in [0.29, 0.717) is 4.57 Å². The number of nitrogens with zero attached hydrogens (tertiary/aromatic N) is 4. The molecule has 4 heteroatoms. The Balaban J connectivity index is 1.35. The molecule has 2 heterocycles. The molecular formula is C45H30N4. The van der Waals surface area contributed by atoms with E-state index in [-0.39, 0.29) is 0 Å². The first-order chi connectivity index (χ1) is 36.8. The van der Waals surface area contributed by atoms with Gasteiger partial charge in [-0.25, -0.2) is 15.0 Å². The molecule has 9 rings (SSSR count). The lowest BCUT2D eigenvalue weighted by Crippen LogP contribution is -2.00. The zero-order valence-electron chi connectivity index (χ0n) is 54.3. The molecule has 0 atom stereocenters. The minimum atomic E-state index is -1.12. The van der Waals surface area contributed by atoms with Crippen molar-refractivity contribution in [3.05, 3.63) is 181 Å². The van der Waals surface area contributed by atoms with Crippen LogP contribution in [0, 0.1) is 0 Å². The fourth-order valence-corrected chi connectivity index (χ4v) is 4.77. The van der Waals surface area contributed by atoms with Gasteiger partial charge in [0, 0.05) is 33.2 Å². The normalized spacial score (nSPS) is 19.8. The van der Waals surface area contributed by atoms with Crippen LogP contribution < -0.4 is 0 Å². The van der Waals surface area contributed by atoms with Crippen LogP contribution in [-0.2, 0) is 0 Å². The van der Waals surface area contributed by atoms with Crippen LogP contribution in [0.1, 0.15) is 41.1 Å². The molecule has 0 aliphatic heterocycles. The van der Waals surface area contributed by atoms with Crippen molar-refractivity contribution in [2.75, 3.05) is 0 Å². The van der Waals surface area contributed by atoms with E-state index in [9.17, 15) is 13.7 Å². The Hall–Kier alpha value is -6.65. The summed E-state index contributed by atoms with van der Waals surface area (Å²) in [6.45, 7) is 0. The van der Waals surface area contributed by atoms with E-state index in [2.05, 4.69) is 15.0 Å². The molecule has 0 bridgehead atoms. The van der Waals surface area contributed by atoms with Crippen LogP contribution in [0.4, 0.5) is 0 Å². The topological polar surface area (TPSA) is 43.6 Å². The number of para-hydroxylation sites is 1. The summed E-state index contributed by atoms with van der Waals surface area (Å²) in [5.74, 6) is -2.51. The lowest BCUT2D eigenvalue weighted by atomic mass is 10.0. The van der Waals surface area contributed by atoms with Crippen molar-refractivity contribution in [1.82, 2.24) is 19.5 Å². The summed E-state index contributed by atoms with van der Waals surface area (Å²) in [4.78, 5) is 12.5. The third-order valence-corrected chi connectivity index (χ3v) is 6.92. The van der Waals surface area contributed by atoms with Gasteiger partial charge in [0.25, 0.3) is 0 Å². The Labute approximate surface area is 326 Å². The van der Waals surface area contributed by atoms with E-state index in [1.54, 1.807) is 0 Å². The van der Waals surface area contributed by atoms with E-state index in [1.165, 1.54) is 0 Å². The molecule has 0 N–H and O–H groups in total. The summed E-state index contributed by atoms with van der Waals surface area (Å²) in [5, 5.41) is -1.17. The SMILES string of the molecule is [2H]c1c([2H])c([2H])c(-c2nc(-c3c([2H])c([2H])c([2H])c([2H])c3[2H])nc(-c3c([2H])c([2H])c(-c4c([2H])c([2H])c(-n5c6c([2H])c([2H])c([2H])c([2H])c6c6c([2H])c(-c7c([2H])c([2H])c([2H])c([2H])c7[2H])c([2H])c([2H])c65)c([2H])c4[2H])c([2H])c3[2H])n2)c([2H])c1[2H]. The minimum absolute atomic E-state index is 0.577. The Bertz CT molecular complexity index is 4090. The van der Waals surface area contributed by atoms with Gasteiger partial charge in [0.15, 0.2) is 17.5 Å². The fraction of sp³-hybridized carbons (Fsp3) is 0. The highest BCUT2D eigenvalue weighted by atomic mass is 15.0. The van der Waals surface area contributed by atoms with Crippen molar-refractivity contribution < 1.29 is 41.1 Å². The Kier molecular flexibility index (Phi) is 2.79. The molecule has 0 saturated carbocycles. The second kappa shape index (κ2) is 12.2. The fourth-order valence-electron chi connectivity index (χ4n) is 4.77. The summed E-state index contributed by atoms with van der Waals surface area (Å²) < 4.78 is 263. The average Bonchev–Trinajstić information content (AvgIpc) is 3.92. The van der Waals surface area contributed by atoms with Gasteiger partial charge in [-0.2, -0.15) is 0 Å². The van der Waals surface area contributed by atoms with Crippen LogP contribution in [0.25, 0.3) is 83.9 Å². The minimum Gasteiger partial charge on any atom is -0.309 e. The molecule has 49 heavy (non-hydrogen) atoms. The zero-order valence-corrected chi connectivity index (χ0v) is 24.3. The van der Waals surface area contributed by atoms with E-state index in [0.717, 1.165) is 0 Å². The first-order valence-corrected chi connectivity index (χ1v) is 14.0. The van der Waals surface area contributed by atoms with Gasteiger partial charge in [-0.15, -0.1) is 0 Å². The van der Waals surface area contributed by atoms with E-state index in [4.69, 9.17) is 27.4 Å². The first kappa shape index (κ1) is 11.2. The third kappa shape index (κ3) is 5.35. The monoisotopic (exact) mass is 656 g/mol. The summed E-state index contributed by atoms with van der Waals surface area (Å²) in [7, 11) is 0. The van der Waals surface area contributed by atoms with Crippen LogP contribution in [0.2, 0.25) is 0 Å². The lowest BCUT2D eigenvalue weighted by Gasteiger charge is -2.11. The van der Waals surface area contributed by atoms with Crippen LogP contribution in [0.5, 0.6) is 0 Å². The predicted molar refractivity (Wildman–Crippen MR) is 201 cm³/mol. The van der Waals surface area contributed by atoms with Crippen LogP contribution >= 0.6 is 0 Å². The molecule has 7 aromatic carbocycles. The highest BCUT2D eigenvalue weighted by molar-refractivity contribution is 6.10. The first-order valence-electron chi connectivity index (χ1n) is 29.0. The molecule has 0 spiro atoms. The smallest absolute Gasteiger partial charge is 0.164 e.